The van der Waals surface area contributed by atoms with Gasteiger partial charge in [-0.3, -0.25) is 9.89 Å². The SMILES string of the molecule is CC1=C(C(=O)Nc2ccc3[nH]ncc3c2)C(c2ccc(C(F)(F)F)cc2)n2nc(C(=O)O)c(C#N)c2N1. The van der Waals surface area contributed by atoms with Crippen molar-refractivity contribution >= 4 is 34.3 Å². The second kappa shape index (κ2) is 8.52. The number of carbonyl (C=O) groups excluding carboxylic acids is 1. The normalized spacial score (nSPS) is 15.2. The highest BCUT2D eigenvalue weighted by Crippen LogP contribution is 2.40. The smallest absolute Gasteiger partial charge is 0.416 e. The van der Waals surface area contributed by atoms with Crippen LogP contribution in [0.25, 0.3) is 10.9 Å². The Hall–Kier alpha value is -5.12. The molecule has 4 aromatic rings. The monoisotopic (exact) mass is 507 g/mol. The number of carboxylic acids is 1. The summed E-state index contributed by atoms with van der Waals surface area (Å²) in [6.45, 7) is 1.55. The largest absolute Gasteiger partial charge is 0.476 e. The van der Waals surface area contributed by atoms with Crippen molar-refractivity contribution in [3.8, 4) is 6.07 Å². The fourth-order valence-electron chi connectivity index (χ4n) is 4.24. The van der Waals surface area contributed by atoms with Crippen LogP contribution in [0, 0.1) is 11.3 Å². The van der Waals surface area contributed by atoms with Gasteiger partial charge in [0.2, 0.25) is 0 Å². The number of hydrogen-bond donors (Lipinski definition) is 4. The van der Waals surface area contributed by atoms with Crippen LogP contribution in [-0.4, -0.2) is 37.0 Å². The van der Waals surface area contributed by atoms with E-state index in [0.29, 0.717) is 5.69 Å². The number of hydrogen-bond acceptors (Lipinski definition) is 6. The van der Waals surface area contributed by atoms with Gasteiger partial charge in [0.05, 0.1) is 22.9 Å². The van der Waals surface area contributed by atoms with Crippen LogP contribution in [0.1, 0.15) is 40.1 Å². The average molecular weight is 507 g/mol. The maximum absolute atomic E-state index is 13.5. The lowest BCUT2D eigenvalue weighted by molar-refractivity contribution is -0.137. The molecule has 0 saturated carbocycles. The van der Waals surface area contributed by atoms with Gasteiger partial charge in [-0.15, -0.1) is 0 Å². The Kier molecular flexibility index (Phi) is 5.44. The first-order chi connectivity index (χ1) is 17.6. The van der Waals surface area contributed by atoms with Gasteiger partial charge >= 0.3 is 12.1 Å². The molecule has 5 rings (SSSR count). The number of aromatic carboxylic acids is 1. The number of nitrogens with one attached hydrogen (secondary N) is 3. The number of amides is 1. The zero-order valence-electron chi connectivity index (χ0n) is 18.9. The lowest BCUT2D eigenvalue weighted by Crippen LogP contribution is -2.31. The number of aromatic nitrogens is 4. The highest BCUT2D eigenvalue weighted by Gasteiger charge is 2.38. The third-order valence-electron chi connectivity index (χ3n) is 5.95. The van der Waals surface area contributed by atoms with E-state index in [9.17, 15) is 33.1 Å². The highest BCUT2D eigenvalue weighted by molar-refractivity contribution is 6.07. The molecule has 0 spiro atoms. The molecule has 0 fully saturated rings. The van der Waals surface area contributed by atoms with Crippen LogP contribution in [0.2, 0.25) is 0 Å². The number of fused-ring (bicyclic) bond motifs is 2. The Morgan fingerprint density at radius 2 is 1.92 bits per heavy atom. The molecule has 0 bridgehead atoms. The van der Waals surface area contributed by atoms with E-state index in [-0.39, 0.29) is 28.2 Å². The van der Waals surface area contributed by atoms with Crippen LogP contribution in [0.4, 0.5) is 24.7 Å². The molecule has 0 aliphatic carbocycles. The summed E-state index contributed by atoms with van der Waals surface area (Å²) in [5, 5.41) is 36.3. The molecule has 0 saturated heterocycles. The van der Waals surface area contributed by atoms with Gasteiger partial charge in [0.1, 0.15) is 23.5 Å². The van der Waals surface area contributed by atoms with Gasteiger partial charge in [-0.1, -0.05) is 12.1 Å². The van der Waals surface area contributed by atoms with E-state index in [4.69, 9.17) is 0 Å². The number of carbonyl (C=O) groups is 2. The third-order valence-corrected chi connectivity index (χ3v) is 5.95. The molecule has 1 aliphatic heterocycles. The molecule has 2 aromatic heterocycles. The molecule has 186 valence electrons. The second-order valence-electron chi connectivity index (χ2n) is 8.25. The summed E-state index contributed by atoms with van der Waals surface area (Å²) >= 11 is 0. The highest BCUT2D eigenvalue weighted by atomic mass is 19.4. The standard InChI is InChI=1S/C24H16F3N7O3/c1-11-18(22(35)31-15-6-7-17-13(8-15)10-29-32-17)20(12-2-4-14(5-3-12)24(25,26)27)34-21(30-11)16(9-28)19(33-34)23(36)37/h2-8,10,20,30H,1H3,(H,29,32)(H,31,35)(H,36,37). The summed E-state index contributed by atoms with van der Waals surface area (Å²) in [6.07, 6.45) is -3.00. The van der Waals surface area contributed by atoms with Crippen molar-refractivity contribution in [1.29, 1.82) is 5.26 Å². The maximum Gasteiger partial charge on any atom is 0.416 e. The molecule has 0 radical (unpaired) electrons. The fourth-order valence-corrected chi connectivity index (χ4v) is 4.24. The minimum Gasteiger partial charge on any atom is -0.476 e. The lowest BCUT2D eigenvalue weighted by Gasteiger charge is -2.30. The van der Waals surface area contributed by atoms with Gasteiger partial charge in [-0.2, -0.15) is 28.6 Å². The number of benzene rings is 2. The predicted molar refractivity (Wildman–Crippen MR) is 125 cm³/mol. The van der Waals surface area contributed by atoms with Crippen LogP contribution in [0.5, 0.6) is 0 Å². The first-order valence-corrected chi connectivity index (χ1v) is 10.7. The number of aromatic amines is 1. The summed E-state index contributed by atoms with van der Waals surface area (Å²) in [6, 6.07) is 9.82. The Morgan fingerprint density at radius 3 is 2.57 bits per heavy atom. The first kappa shape index (κ1) is 23.6. The number of alkyl halides is 3. The number of carboxylic acid groups (broad SMARTS) is 1. The number of nitriles is 1. The lowest BCUT2D eigenvalue weighted by atomic mass is 9.93. The van der Waals surface area contributed by atoms with E-state index >= 15 is 0 Å². The van der Waals surface area contributed by atoms with Gasteiger partial charge < -0.3 is 15.7 Å². The Bertz CT molecular complexity index is 1640. The molecule has 1 aliphatic rings. The molecule has 3 heterocycles. The van der Waals surface area contributed by atoms with Crippen LogP contribution >= 0.6 is 0 Å². The second-order valence-corrected chi connectivity index (χ2v) is 8.25. The van der Waals surface area contributed by atoms with Crippen LogP contribution in [0.3, 0.4) is 0 Å². The van der Waals surface area contributed by atoms with E-state index in [1.165, 1.54) is 12.1 Å². The number of anilines is 2. The van der Waals surface area contributed by atoms with E-state index in [1.807, 2.05) is 0 Å². The molecular formula is C24H16F3N7O3. The molecule has 2 aromatic carbocycles. The summed E-state index contributed by atoms with van der Waals surface area (Å²) < 4.78 is 40.7. The summed E-state index contributed by atoms with van der Waals surface area (Å²) in [4.78, 5) is 25.3. The molecule has 1 amide bonds. The van der Waals surface area contributed by atoms with E-state index in [1.54, 1.807) is 37.4 Å². The van der Waals surface area contributed by atoms with Crippen molar-refractivity contribution in [3.05, 3.63) is 82.3 Å². The van der Waals surface area contributed by atoms with Gasteiger partial charge in [0, 0.05) is 16.8 Å². The van der Waals surface area contributed by atoms with Crippen molar-refractivity contribution in [2.75, 3.05) is 10.6 Å². The van der Waals surface area contributed by atoms with Crippen molar-refractivity contribution < 1.29 is 27.9 Å². The van der Waals surface area contributed by atoms with Crippen molar-refractivity contribution in [2.45, 2.75) is 19.1 Å². The Labute approximate surface area is 206 Å². The van der Waals surface area contributed by atoms with Crippen LogP contribution in [0.15, 0.2) is 59.9 Å². The zero-order chi connectivity index (χ0) is 26.5. The molecule has 1 atom stereocenters. The fraction of sp³-hybridized carbons (Fsp3) is 0.125. The van der Waals surface area contributed by atoms with Crippen molar-refractivity contribution in [1.82, 2.24) is 20.0 Å². The first-order valence-electron chi connectivity index (χ1n) is 10.7. The Balaban J connectivity index is 1.63. The topological polar surface area (TPSA) is 149 Å². The molecule has 1 unspecified atom stereocenters. The number of allylic oxidation sites excluding steroid dienone is 1. The van der Waals surface area contributed by atoms with Gasteiger partial charge in [-0.05, 0) is 42.8 Å². The van der Waals surface area contributed by atoms with Gasteiger partial charge in [0.15, 0.2) is 5.69 Å². The minimum atomic E-state index is -4.58. The van der Waals surface area contributed by atoms with Crippen LogP contribution in [-0.2, 0) is 11.0 Å². The zero-order valence-corrected chi connectivity index (χ0v) is 18.9. The van der Waals surface area contributed by atoms with Gasteiger partial charge in [-0.25, -0.2) is 9.48 Å². The minimum absolute atomic E-state index is 0.0127. The van der Waals surface area contributed by atoms with E-state index in [2.05, 4.69) is 25.9 Å². The van der Waals surface area contributed by atoms with Crippen molar-refractivity contribution in [3.63, 3.8) is 0 Å². The number of halogens is 3. The van der Waals surface area contributed by atoms with E-state index < -0.39 is 35.4 Å². The molecule has 13 heteroatoms. The van der Waals surface area contributed by atoms with Crippen LogP contribution < -0.4 is 10.6 Å². The Morgan fingerprint density at radius 1 is 1.19 bits per heavy atom. The predicted octanol–water partition coefficient (Wildman–Crippen LogP) is 4.28. The molecule has 37 heavy (non-hydrogen) atoms. The quantitative estimate of drug-likeness (QED) is 0.322. The summed E-state index contributed by atoms with van der Waals surface area (Å²) in [5.41, 5.74) is 0.0400. The van der Waals surface area contributed by atoms with Crippen molar-refractivity contribution in [2.24, 2.45) is 0 Å². The average Bonchev–Trinajstić information content (AvgIpc) is 3.46. The van der Waals surface area contributed by atoms with E-state index in [0.717, 1.165) is 27.7 Å². The molecular weight excluding hydrogens is 491 g/mol. The number of H-pyrrole nitrogens is 1. The number of rotatable bonds is 4. The molecule has 4 N–H and O–H groups in total. The van der Waals surface area contributed by atoms with Gasteiger partial charge in [0.25, 0.3) is 5.91 Å². The third kappa shape index (κ3) is 4.04. The molecule has 10 nitrogen and oxygen atoms in total. The number of nitrogens with zero attached hydrogens (tertiary/aromatic N) is 4. The summed E-state index contributed by atoms with van der Waals surface area (Å²) in [5.74, 6) is -2.06. The maximum atomic E-state index is 13.5. The summed E-state index contributed by atoms with van der Waals surface area (Å²) in [7, 11) is 0.